The summed E-state index contributed by atoms with van der Waals surface area (Å²) in [7, 11) is 0. The molecule has 0 fully saturated rings. The van der Waals surface area contributed by atoms with Crippen molar-refractivity contribution in [1.82, 2.24) is 9.88 Å². The number of nitrogen functional groups attached to an aromatic ring is 2. The van der Waals surface area contributed by atoms with E-state index < -0.39 is 0 Å². The lowest BCUT2D eigenvalue weighted by molar-refractivity contribution is 0.295. The topological polar surface area (TPSA) is 80.2 Å². The number of nitrogens with zero attached hydrogens (tertiary/aromatic N) is 2. The lowest BCUT2D eigenvalue weighted by Gasteiger charge is -2.20. The molecular formula is C14H30Cl3N5. The third kappa shape index (κ3) is 8.73. The second-order valence-electron chi connectivity index (χ2n) is 4.88. The Kier molecular flexibility index (Phi) is 16.7. The van der Waals surface area contributed by atoms with Gasteiger partial charge in [0, 0.05) is 12.2 Å². The molecule has 5 nitrogen and oxygen atoms in total. The van der Waals surface area contributed by atoms with Crippen LogP contribution in [0.3, 0.4) is 0 Å². The molecule has 132 valence electrons. The Hall–Kier alpha value is -0.620. The van der Waals surface area contributed by atoms with Gasteiger partial charge in [0.1, 0.15) is 0 Å². The van der Waals surface area contributed by atoms with Crippen LogP contribution in [-0.2, 0) is 0 Å². The van der Waals surface area contributed by atoms with E-state index in [1.54, 1.807) is 12.3 Å². The molecule has 0 bridgehead atoms. The highest BCUT2D eigenvalue weighted by atomic mass is 35.5. The van der Waals surface area contributed by atoms with Crippen molar-refractivity contribution in [2.75, 3.05) is 36.4 Å². The van der Waals surface area contributed by atoms with Crippen molar-refractivity contribution in [2.24, 2.45) is 0 Å². The van der Waals surface area contributed by atoms with E-state index in [1.807, 2.05) is 0 Å². The minimum absolute atomic E-state index is 0. The summed E-state index contributed by atoms with van der Waals surface area (Å²) in [6.07, 6.45) is 3.93. The van der Waals surface area contributed by atoms with Gasteiger partial charge in [-0.1, -0.05) is 13.8 Å². The van der Waals surface area contributed by atoms with E-state index in [0.29, 0.717) is 23.2 Å². The van der Waals surface area contributed by atoms with Crippen LogP contribution >= 0.6 is 37.2 Å². The molecule has 0 spiro atoms. The fraction of sp³-hybridized carbons (Fsp3) is 0.643. The molecule has 0 aromatic carbocycles. The molecule has 0 amide bonds. The molecule has 1 aromatic heterocycles. The summed E-state index contributed by atoms with van der Waals surface area (Å²) in [6, 6.07) is 2.05. The van der Waals surface area contributed by atoms with Crippen LogP contribution in [0.15, 0.2) is 12.3 Å². The van der Waals surface area contributed by atoms with Gasteiger partial charge in [-0.25, -0.2) is 4.98 Å². The predicted molar refractivity (Wildman–Crippen MR) is 105 cm³/mol. The molecule has 8 heteroatoms. The number of pyridine rings is 1. The van der Waals surface area contributed by atoms with E-state index in [2.05, 4.69) is 36.0 Å². The van der Waals surface area contributed by atoms with Gasteiger partial charge in [0.25, 0.3) is 0 Å². The van der Waals surface area contributed by atoms with Crippen molar-refractivity contribution < 1.29 is 0 Å². The highest BCUT2D eigenvalue weighted by Gasteiger charge is 2.08. The van der Waals surface area contributed by atoms with Gasteiger partial charge < -0.3 is 21.7 Å². The van der Waals surface area contributed by atoms with Crippen molar-refractivity contribution in [3.05, 3.63) is 12.3 Å². The minimum Gasteiger partial charge on any atom is -0.397 e. The average Bonchev–Trinajstić information content (AvgIpc) is 2.40. The van der Waals surface area contributed by atoms with Crippen LogP contribution in [0.25, 0.3) is 0 Å². The van der Waals surface area contributed by atoms with Gasteiger partial charge in [-0.05, 0) is 45.5 Å². The fourth-order valence-electron chi connectivity index (χ4n) is 2.07. The maximum absolute atomic E-state index is 5.89. The van der Waals surface area contributed by atoms with Crippen LogP contribution in [0.5, 0.6) is 0 Å². The first-order chi connectivity index (χ1) is 9.08. The standard InChI is InChI=1S/C14H27N5.3ClH/c1-4-19(5-2)10-6-7-11(3)18-14-13(16)12(15)8-9-17-14;;;/h8-9,11H,4-7,10,16H2,1-3H3,(H3,15,17,18);3*1H. The van der Waals surface area contributed by atoms with Gasteiger partial charge in [-0.15, -0.1) is 37.2 Å². The zero-order chi connectivity index (χ0) is 14.3. The summed E-state index contributed by atoms with van der Waals surface area (Å²) in [5.41, 5.74) is 12.8. The molecule has 1 rings (SSSR count). The third-order valence-corrected chi connectivity index (χ3v) is 3.41. The maximum Gasteiger partial charge on any atom is 0.151 e. The first-order valence-electron chi connectivity index (χ1n) is 7.07. The number of anilines is 3. The van der Waals surface area contributed by atoms with Gasteiger partial charge >= 0.3 is 0 Å². The SMILES string of the molecule is CCN(CC)CCCC(C)Nc1nccc(N)c1N.Cl.Cl.Cl. The lowest BCUT2D eigenvalue weighted by atomic mass is 10.1. The number of aromatic nitrogens is 1. The molecule has 5 N–H and O–H groups in total. The lowest BCUT2D eigenvalue weighted by Crippen LogP contribution is -2.26. The Bertz CT molecular complexity index is 389. The second-order valence-corrected chi connectivity index (χ2v) is 4.88. The van der Waals surface area contributed by atoms with Crippen LogP contribution in [0.4, 0.5) is 17.2 Å². The van der Waals surface area contributed by atoms with Crippen molar-refractivity contribution in [2.45, 2.75) is 39.7 Å². The number of rotatable bonds is 8. The summed E-state index contributed by atoms with van der Waals surface area (Å²) in [6.45, 7) is 9.90. The summed E-state index contributed by atoms with van der Waals surface area (Å²) in [5.74, 6) is 0.690. The average molecular weight is 375 g/mol. The zero-order valence-corrected chi connectivity index (χ0v) is 16.0. The minimum atomic E-state index is 0. The molecule has 1 heterocycles. The Balaban J connectivity index is -0.00000120. The Morgan fingerprint density at radius 3 is 2.32 bits per heavy atom. The Labute approximate surface area is 152 Å². The monoisotopic (exact) mass is 373 g/mol. The molecule has 1 unspecified atom stereocenters. The molecule has 0 aliphatic rings. The maximum atomic E-state index is 5.89. The van der Waals surface area contributed by atoms with Crippen molar-refractivity contribution in [3.8, 4) is 0 Å². The Morgan fingerprint density at radius 2 is 1.77 bits per heavy atom. The third-order valence-electron chi connectivity index (χ3n) is 3.41. The number of hydrogen-bond acceptors (Lipinski definition) is 5. The zero-order valence-electron chi connectivity index (χ0n) is 13.5. The van der Waals surface area contributed by atoms with Gasteiger partial charge in [0.15, 0.2) is 5.82 Å². The number of hydrogen-bond donors (Lipinski definition) is 3. The van der Waals surface area contributed by atoms with Crippen LogP contribution in [0, 0.1) is 0 Å². The van der Waals surface area contributed by atoms with E-state index in [4.69, 9.17) is 11.5 Å². The van der Waals surface area contributed by atoms with Gasteiger partial charge in [-0.2, -0.15) is 0 Å². The van der Waals surface area contributed by atoms with Gasteiger partial charge in [-0.3, -0.25) is 0 Å². The molecule has 1 aromatic rings. The Morgan fingerprint density at radius 1 is 1.18 bits per heavy atom. The van der Waals surface area contributed by atoms with Crippen LogP contribution in [0.1, 0.15) is 33.6 Å². The normalized spacial score (nSPS) is 10.9. The number of nitrogens with two attached hydrogens (primary N) is 2. The fourth-order valence-corrected chi connectivity index (χ4v) is 2.07. The summed E-state index contributed by atoms with van der Waals surface area (Å²) in [5, 5.41) is 3.33. The molecule has 22 heavy (non-hydrogen) atoms. The van der Waals surface area contributed by atoms with Crippen molar-refractivity contribution in [1.29, 1.82) is 0 Å². The van der Waals surface area contributed by atoms with E-state index in [0.717, 1.165) is 32.5 Å². The first kappa shape index (κ1) is 26.3. The largest absolute Gasteiger partial charge is 0.397 e. The van der Waals surface area contributed by atoms with Crippen LogP contribution < -0.4 is 16.8 Å². The molecule has 0 saturated carbocycles. The quantitative estimate of drug-likeness (QED) is 0.649. The molecule has 0 aliphatic carbocycles. The van der Waals surface area contributed by atoms with Gasteiger partial charge in [0.05, 0.1) is 11.4 Å². The summed E-state index contributed by atoms with van der Waals surface area (Å²) < 4.78 is 0. The second kappa shape index (κ2) is 14.0. The highest BCUT2D eigenvalue weighted by molar-refractivity contribution is 5.86. The molecular weight excluding hydrogens is 345 g/mol. The predicted octanol–water partition coefficient (Wildman–Crippen LogP) is 3.43. The number of nitrogens with one attached hydrogen (secondary N) is 1. The van der Waals surface area contributed by atoms with Gasteiger partial charge in [0.2, 0.25) is 0 Å². The summed E-state index contributed by atoms with van der Waals surface area (Å²) in [4.78, 5) is 6.66. The van der Waals surface area contributed by atoms with E-state index in [9.17, 15) is 0 Å². The molecule has 0 radical (unpaired) electrons. The first-order valence-corrected chi connectivity index (χ1v) is 7.07. The van der Waals surface area contributed by atoms with Crippen LogP contribution in [-0.4, -0.2) is 35.6 Å². The van der Waals surface area contributed by atoms with E-state index >= 15 is 0 Å². The molecule has 0 saturated heterocycles. The van der Waals surface area contributed by atoms with Crippen molar-refractivity contribution in [3.63, 3.8) is 0 Å². The van der Waals surface area contributed by atoms with Crippen molar-refractivity contribution >= 4 is 54.4 Å². The molecule has 1 atom stereocenters. The summed E-state index contributed by atoms with van der Waals surface area (Å²) >= 11 is 0. The number of halogens is 3. The van der Waals surface area contributed by atoms with E-state index in [-0.39, 0.29) is 37.2 Å². The molecule has 0 aliphatic heterocycles. The van der Waals surface area contributed by atoms with Crippen LogP contribution in [0.2, 0.25) is 0 Å². The van der Waals surface area contributed by atoms with E-state index in [1.165, 1.54) is 0 Å². The highest BCUT2D eigenvalue weighted by Crippen LogP contribution is 2.22. The smallest absolute Gasteiger partial charge is 0.151 e.